The van der Waals surface area contributed by atoms with Crippen LogP contribution in [0.5, 0.6) is 28.7 Å². The van der Waals surface area contributed by atoms with E-state index in [1.165, 1.54) is 37.3 Å². The molecule has 3 aromatic carbocycles. The van der Waals surface area contributed by atoms with E-state index in [4.69, 9.17) is 24.0 Å². The van der Waals surface area contributed by atoms with E-state index in [-0.39, 0.29) is 35.2 Å². The number of benzene rings is 3. The number of rotatable bonds is 9. The number of aromatic hydroxyl groups is 2. The summed E-state index contributed by atoms with van der Waals surface area (Å²) < 4.78 is 16.3. The summed E-state index contributed by atoms with van der Waals surface area (Å²) in [5.41, 5.74) is 1.94. The standard InChI is InChI=1S/C31H28O10/c1-18(2)13-14-37-27(35)12-10-20-9-11-25(23(33)15-20)41-40-22-16-24(34)28-26(17-22)39-30(21-7-5-4-6-8-21)31(29(28)36)38-19(3)32/h4-13,15-17,30-31,33-34H,14H2,1-3H3/b12-10+. The molecule has 1 aliphatic heterocycles. The van der Waals surface area contributed by atoms with Gasteiger partial charge in [-0.1, -0.05) is 42.0 Å². The molecular weight excluding hydrogens is 532 g/mol. The number of phenols is 2. The maximum atomic E-state index is 13.2. The van der Waals surface area contributed by atoms with Gasteiger partial charge in [0.1, 0.15) is 23.7 Å². The van der Waals surface area contributed by atoms with Gasteiger partial charge in [0.15, 0.2) is 17.6 Å². The number of allylic oxidation sites excluding steroid dienone is 1. The quantitative estimate of drug-likeness (QED) is 0.117. The van der Waals surface area contributed by atoms with Gasteiger partial charge in [-0.25, -0.2) is 4.79 Å². The molecule has 0 spiro atoms. The molecule has 0 amide bonds. The van der Waals surface area contributed by atoms with Gasteiger partial charge in [-0.05, 0) is 49.3 Å². The molecule has 0 aromatic heterocycles. The van der Waals surface area contributed by atoms with Crippen molar-refractivity contribution in [2.45, 2.75) is 33.0 Å². The topological polar surface area (TPSA) is 138 Å². The van der Waals surface area contributed by atoms with Crippen LogP contribution in [0.1, 0.15) is 48.4 Å². The Balaban J connectivity index is 1.48. The Kier molecular flexibility index (Phi) is 8.93. The maximum Gasteiger partial charge on any atom is 0.331 e. The second-order valence-electron chi connectivity index (χ2n) is 9.30. The second-order valence-corrected chi connectivity index (χ2v) is 9.30. The highest BCUT2D eigenvalue weighted by Crippen LogP contribution is 2.43. The minimum atomic E-state index is -1.31. The van der Waals surface area contributed by atoms with E-state index in [1.54, 1.807) is 42.5 Å². The highest BCUT2D eigenvalue weighted by atomic mass is 17.2. The average Bonchev–Trinajstić information content (AvgIpc) is 2.92. The van der Waals surface area contributed by atoms with E-state index in [2.05, 4.69) is 0 Å². The fourth-order valence-corrected chi connectivity index (χ4v) is 3.93. The number of fused-ring (bicyclic) bond motifs is 1. The largest absolute Gasteiger partial charge is 0.507 e. The molecule has 2 atom stereocenters. The van der Waals surface area contributed by atoms with Crippen LogP contribution in [-0.2, 0) is 19.1 Å². The van der Waals surface area contributed by atoms with Crippen molar-refractivity contribution < 1.29 is 48.6 Å². The molecule has 0 saturated heterocycles. The summed E-state index contributed by atoms with van der Waals surface area (Å²) in [6, 6.07) is 15.5. The van der Waals surface area contributed by atoms with E-state index in [9.17, 15) is 24.6 Å². The Morgan fingerprint density at radius 3 is 2.39 bits per heavy atom. The minimum absolute atomic E-state index is 0.00737. The molecule has 10 nitrogen and oxygen atoms in total. The van der Waals surface area contributed by atoms with Gasteiger partial charge in [0.2, 0.25) is 17.6 Å². The van der Waals surface area contributed by atoms with Gasteiger partial charge in [-0.3, -0.25) is 19.4 Å². The fourth-order valence-electron chi connectivity index (χ4n) is 3.93. The van der Waals surface area contributed by atoms with Gasteiger partial charge in [0, 0.05) is 25.1 Å². The third-order valence-corrected chi connectivity index (χ3v) is 5.85. The van der Waals surface area contributed by atoms with Crippen molar-refractivity contribution >= 4 is 23.8 Å². The monoisotopic (exact) mass is 560 g/mol. The Labute approximate surface area is 235 Å². The molecule has 3 aromatic rings. The normalized spacial score (nSPS) is 15.8. The summed E-state index contributed by atoms with van der Waals surface area (Å²) in [5, 5.41) is 21.0. The van der Waals surface area contributed by atoms with Crippen molar-refractivity contribution in [1.82, 2.24) is 0 Å². The molecule has 212 valence electrons. The van der Waals surface area contributed by atoms with E-state index in [1.807, 2.05) is 13.8 Å². The molecular formula is C31H28O10. The zero-order valence-corrected chi connectivity index (χ0v) is 22.5. The predicted molar refractivity (Wildman–Crippen MR) is 147 cm³/mol. The lowest BCUT2D eigenvalue weighted by Gasteiger charge is -2.32. The lowest BCUT2D eigenvalue weighted by Crippen LogP contribution is -2.39. The number of phenolic OH excluding ortho intramolecular Hbond substituents is 2. The number of hydrogen-bond acceptors (Lipinski definition) is 10. The Morgan fingerprint density at radius 1 is 0.951 bits per heavy atom. The molecule has 0 aliphatic carbocycles. The van der Waals surface area contributed by atoms with Crippen LogP contribution in [0.4, 0.5) is 0 Å². The van der Waals surface area contributed by atoms with Crippen molar-refractivity contribution in [1.29, 1.82) is 0 Å². The van der Waals surface area contributed by atoms with Gasteiger partial charge in [0.25, 0.3) is 0 Å². The summed E-state index contributed by atoms with van der Waals surface area (Å²) in [6.45, 7) is 5.13. The Morgan fingerprint density at radius 2 is 1.71 bits per heavy atom. The lowest BCUT2D eigenvalue weighted by atomic mass is 9.92. The number of ether oxygens (including phenoxy) is 3. The van der Waals surface area contributed by atoms with Crippen molar-refractivity contribution in [3.05, 3.63) is 95.1 Å². The Bertz CT molecular complexity index is 1500. The molecule has 10 heteroatoms. The smallest absolute Gasteiger partial charge is 0.331 e. The highest BCUT2D eigenvalue weighted by Gasteiger charge is 2.42. The summed E-state index contributed by atoms with van der Waals surface area (Å²) in [4.78, 5) is 47.3. The molecule has 2 N–H and O–H groups in total. The molecule has 4 rings (SSSR count). The number of esters is 2. The van der Waals surface area contributed by atoms with Crippen LogP contribution in [0.15, 0.2) is 78.4 Å². The van der Waals surface area contributed by atoms with Crippen molar-refractivity contribution in [2.75, 3.05) is 6.61 Å². The molecule has 0 saturated carbocycles. The maximum absolute atomic E-state index is 13.2. The van der Waals surface area contributed by atoms with E-state index >= 15 is 0 Å². The summed E-state index contributed by atoms with van der Waals surface area (Å²) in [7, 11) is 0. The van der Waals surface area contributed by atoms with Gasteiger partial charge < -0.3 is 24.4 Å². The number of Topliss-reactive ketones (excluding diaryl/α,β-unsaturated/α-hetero) is 1. The first-order valence-electron chi connectivity index (χ1n) is 12.6. The van der Waals surface area contributed by atoms with Crippen molar-refractivity contribution in [3.63, 3.8) is 0 Å². The van der Waals surface area contributed by atoms with Crippen LogP contribution in [0.2, 0.25) is 0 Å². The molecule has 41 heavy (non-hydrogen) atoms. The number of carbonyl (C=O) groups is 3. The minimum Gasteiger partial charge on any atom is -0.507 e. The third kappa shape index (κ3) is 7.24. The molecule has 1 heterocycles. The van der Waals surface area contributed by atoms with E-state index < -0.39 is 35.7 Å². The molecule has 0 radical (unpaired) electrons. The zero-order valence-electron chi connectivity index (χ0n) is 22.5. The summed E-state index contributed by atoms with van der Waals surface area (Å²) in [6.07, 6.45) is 2.20. The van der Waals surface area contributed by atoms with Gasteiger partial charge in [-0.2, -0.15) is 0 Å². The predicted octanol–water partition coefficient (Wildman–Crippen LogP) is 5.24. The van der Waals surface area contributed by atoms with Gasteiger partial charge in [-0.15, -0.1) is 0 Å². The molecule has 0 bridgehead atoms. The van der Waals surface area contributed by atoms with Crippen molar-refractivity contribution in [3.8, 4) is 28.7 Å². The first kappa shape index (κ1) is 28.8. The van der Waals surface area contributed by atoms with E-state index in [0.29, 0.717) is 11.1 Å². The number of hydrogen-bond donors (Lipinski definition) is 2. The molecule has 1 aliphatic rings. The fraction of sp³-hybridized carbons (Fsp3) is 0.194. The van der Waals surface area contributed by atoms with E-state index in [0.717, 1.165) is 11.6 Å². The van der Waals surface area contributed by atoms with Crippen LogP contribution in [0.25, 0.3) is 6.08 Å². The Hall–Kier alpha value is -5.25. The van der Waals surface area contributed by atoms with Crippen LogP contribution >= 0.6 is 0 Å². The SMILES string of the molecule is CC(=O)OC1C(=O)c2c(O)cc(OOc3ccc(/C=C/C(=O)OCC=C(C)C)cc3O)cc2OC1c1ccccc1. The lowest BCUT2D eigenvalue weighted by molar-refractivity contribution is -0.149. The van der Waals surface area contributed by atoms with Gasteiger partial charge in [0.05, 0.1) is 0 Å². The first-order chi connectivity index (χ1) is 19.6. The van der Waals surface area contributed by atoms with Crippen LogP contribution in [0.3, 0.4) is 0 Å². The highest BCUT2D eigenvalue weighted by molar-refractivity contribution is 6.06. The molecule has 0 fully saturated rings. The van der Waals surface area contributed by atoms with Crippen LogP contribution < -0.4 is 14.5 Å². The summed E-state index contributed by atoms with van der Waals surface area (Å²) in [5.74, 6) is -2.71. The van der Waals surface area contributed by atoms with Crippen LogP contribution in [0, 0.1) is 0 Å². The van der Waals surface area contributed by atoms with Crippen molar-refractivity contribution in [2.24, 2.45) is 0 Å². The van der Waals surface area contributed by atoms with Gasteiger partial charge >= 0.3 is 11.9 Å². The first-order valence-corrected chi connectivity index (χ1v) is 12.6. The number of ketones is 1. The van der Waals surface area contributed by atoms with Crippen LogP contribution in [-0.4, -0.2) is 40.6 Å². The molecule has 2 unspecified atom stereocenters. The summed E-state index contributed by atoms with van der Waals surface area (Å²) >= 11 is 0. The zero-order chi connectivity index (χ0) is 29.5. The number of carbonyl (C=O) groups excluding carboxylic acids is 3. The average molecular weight is 561 g/mol. The third-order valence-electron chi connectivity index (χ3n) is 5.85. The second kappa shape index (κ2) is 12.7.